The average molecular weight is 243 g/mol. The van der Waals surface area contributed by atoms with E-state index in [1.807, 2.05) is 6.92 Å². The Hall–Kier alpha value is -1.06. The van der Waals surface area contributed by atoms with Crippen LogP contribution in [-0.4, -0.2) is 24.1 Å². The summed E-state index contributed by atoms with van der Waals surface area (Å²) in [7, 11) is 0. The number of Topliss-reactive ketones (excluding diaryl/α,β-unsaturated/α-hetero) is 1. The van der Waals surface area contributed by atoms with Crippen molar-refractivity contribution in [1.82, 2.24) is 0 Å². The summed E-state index contributed by atoms with van der Waals surface area (Å²) < 4.78 is 5.47. The summed E-state index contributed by atoms with van der Waals surface area (Å²) in [5.74, 6) is 0.433. The molecule has 0 unspecified atom stereocenters. The summed E-state index contributed by atoms with van der Waals surface area (Å²) >= 11 is 5.83. The van der Waals surface area contributed by atoms with Gasteiger partial charge in [-0.2, -0.15) is 0 Å². The third-order valence-electron chi connectivity index (χ3n) is 2.16. The van der Waals surface area contributed by atoms with E-state index < -0.39 is 0 Å². The maximum Gasteiger partial charge on any atom is 0.163 e. The maximum absolute atomic E-state index is 11.3. The summed E-state index contributed by atoms with van der Waals surface area (Å²) in [6.07, 6.45) is 0. The first-order valence-electron chi connectivity index (χ1n) is 5.08. The highest BCUT2D eigenvalue weighted by atomic mass is 35.5. The zero-order valence-corrected chi connectivity index (χ0v) is 10.1. The molecule has 88 valence electrons. The van der Waals surface area contributed by atoms with Gasteiger partial charge in [-0.05, 0) is 25.1 Å². The quantitative estimate of drug-likeness (QED) is 0.808. The highest BCUT2D eigenvalue weighted by Gasteiger charge is 2.10. The summed E-state index contributed by atoms with van der Waals surface area (Å²) in [6.45, 7) is 3.75. The van der Waals surface area contributed by atoms with Crippen LogP contribution in [0.4, 0.5) is 0 Å². The zero-order chi connectivity index (χ0) is 12.1. The molecule has 1 atom stereocenters. The summed E-state index contributed by atoms with van der Waals surface area (Å²) in [6, 6.07) is 4.91. The molecule has 1 N–H and O–H groups in total. The van der Waals surface area contributed by atoms with Gasteiger partial charge in [-0.1, -0.05) is 18.5 Å². The molecule has 16 heavy (non-hydrogen) atoms. The molecule has 3 nitrogen and oxygen atoms in total. The average Bonchev–Trinajstić information content (AvgIpc) is 2.25. The molecule has 0 aliphatic heterocycles. The minimum atomic E-state index is -0.0664. The first-order chi connectivity index (χ1) is 7.54. The maximum atomic E-state index is 11.3. The van der Waals surface area contributed by atoms with Crippen molar-refractivity contribution in [3.05, 3.63) is 28.8 Å². The lowest BCUT2D eigenvalue weighted by atomic mass is 10.1. The molecule has 0 fully saturated rings. The Bertz CT molecular complexity index is 377. The second-order valence-corrected chi connectivity index (χ2v) is 4.23. The Labute approximate surface area is 100.0 Å². The summed E-state index contributed by atoms with van der Waals surface area (Å²) in [5.41, 5.74) is 0.509. The largest absolute Gasteiger partial charge is 0.492 e. The molecule has 0 amide bonds. The number of aliphatic hydroxyl groups excluding tert-OH is 1. The molecule has 0 saturated carbocycles. The van der Waals surface area contributed by atoms with E-state index in [4.69, 9.17) is 21.4 Å². The molecule has 0 saturated heterocycles. The first kappa shape index (κ1) is 13.0. The molecule has 1 aromatic rings. The Morgan fingerprint density at radius 3 is 2.81 bits per heavy atom. The number of ketones is 1. The van der Waals surface area contributed by atoms with Gasteiger partial charge < -0.3 is 9.84 Å². The predicted octanol–water partition coefficient (Wildman–Crippen LogP) is 2.55. The van der Waals surface area contributed by atoms with Crippen LogP contribution in [0.2, 0.25) is 5.02 Å². The van der Waals surface area contributed by atoms with Crippen LogP contribution in [0, 0.1) is 5.92 Å². The lowest BCUT2D eigenvalue weighted by Crippen LogP contribution is -2.13. The molecular formula is C12H15ClO3. The standard InChI is InChI=1S/C12H15ClO3/c1-8(6-14)7-16-12-5-10(13)3-4-11(12)9(2)15/h3-5,8,14H,6-7H2,1-2H3/t8-/m1/s1. The topological polar surface area (TPSA) is 46.5 Å². The van der Waals surface area contributed by atoms with E-state index in [-0.39, 0.29) is 18.3 Å². The van der Waals surface area contributed by atoms with Gasteiger partial charge >= 0.3 is 0 Å². The van der Waals surface area contributed by atoms with Crippen molar-refractivity contribution in [3.8, 4) is 5.75 Å². The molecule has 0 aliphatic carbocycles. The van der Waals surface area contributed by atoms with Crippen LogP contribution in [0.5, 0.6) is 5.75 Å². The lowest BCUT2D eigenvalue weighted by Gasteiger charge is -2.13. The van der Waals surface area contributed by atoms with E-state index >= 15 is 0 Å². The van der Waals surface area contributed by atoms with Crippen molar-refractivity contribution in [1.29, 1.82) is 0 Å². The van der Waals surface area contributed by atoms with Gasteiger partial charge in [0.05, 0.1) is 12.2 Å². The molecule has 1 aromatic carbocycles. The summed E-state index contributed by atoms with van der Waals surface area (Å²) in [5, 5.41) is 9.40. The van der Waals surface area contributed by atoms with Crippen molar-refractivity contribution in [3.63, 3.8) is 0 Å². The van der Waals surface area contributed by atoms with Gasteiger partial charge in [0.1, 0.15) is 5.75 Å². The normalized spacial score (nSPS) is 12.2. The van der Waals surface area contributed by atoms with Gasteiger partial charge in [0.25, 0.3) is 0 Å². The molecular weight excluding hydrogens is 228 g/mol. The number of hydrogen-bond donors (Lipinski definition) is 1. The fourth-order valence-electron chi connectivity index (χ4n) is 1.19. The molecule has 0 bridgehead atoms. The van der Waals surface area contributed by atoms with E-state index in [1.165, 1.54) is 6.92 Å². The number of halogens is 1. The molecule has 0 aliphatic rings. The SMILES string of the molecule is CC(=O)c1ccc(Cl)cc1OC[C@H](C)CO. The minimum absolute atomic E-state index is 0.0267. The Balaban J connectivity index is 2.84. The second-order valence-electron chi connectivity index (χ2n) is 3.80. The van der Waals surface area contributed by atoms with Crippen LogP contribution >= 0.6 is 11.6 Å². The molecule has 0 aromatic heterocycles. The summed E-state index contributed by atoms with van der Waals surface area (Å²) in [4.78, 5) is 11.3. The zero-order valence-electron chi connectivity index (χ0n) is 9.37. The fourth-order valence-corrected chi connectivity index (χ4v) is 1.35. The van der Waals surface area contributed by atoms with Crippen molar-refractivity contribution in [2.45, 2.75) is 13.8 Å². The van der Waals surface area contributed by atoms with Crippen molar-refractivity contribution < 1.29 is 14.6 Å². The Kier molecular flexibility index (Phi) is 4.77. The van der Waals surface area contributed by atoms with Gasteiger partial charge in [-0.3, -0.25) is 4.79 Å². The third kappa shape index (κ3) is 3.51. The van der Waals surface area contributed by atoms with Gasteiger partial charge in [-0.25, -0.2) is 0 Å². The third-order valence-corrected chi connectivity index (χ3v) is 2.39. The number of carbonyl (C=O) groups is 1. The monoisotopic (exact) mass is 242 g/mol. The number of rotatable bonds is 5. The van der Waals surface area contributed by atoms with Crippen LogP contribution in [0.15, 0.2) is 18.2 Å². The highest BCUT2D eigenvalue weighted by molar-refractivity contribution is 6.30. The molecule has 0 heterocycles. The highest BCUT2D eigenvalue weighted by Crippen LogP contribution is 2.24. The van der Waals surface area contributed by atoms with Crippen LogP contribution in [0.3, 0.4) is 0 Å². The van der Waals surface area contributed by atoms with Gasteiger partial charge in [0, 0.05) is 17.5 Å². The smallest absolute Gasteiger partial charge is 0.163 e. The Morgan fingerprint density at radius 1 is 1.56 bits per heavy atom. The number of hydrogen-bond acceptors (Lipinski definition) is 3. The second kappa shape index (κ2) is 5.87. The molecule has 1 rings (SSSR count). The van der Waals surface area contributed by atoms with Crippen LogP contribution < -0.4 is 4.74 Å². The van der Waals surface area contributed by atoms with Crippen LogP contribution in [-0.2, 0) is 0 Å². The molecule has 0 spiro atoms. The fraction of sp³-hybridized carbons (Fsp3) is 0.417. The van der Waals surface area contributed by atoms with Crippen molar-refractivity contribution >= 4 is 17.4 Å². The number of benzene rings is 1. The van der Waals surface area contributed by atoms with Gasteiger partial charge in [0.2, 0.25) is 0 Å². The number of ether oxygens (including phenoxy) is 1. The van der Waals surface area contributed by atoms with Gasteiger partial charge in [-0.15, -0.1) is 0 Å². The predicted molar refractivity (Wildman–Crippen MR) is 63.2 cm³/mol. The van der Waals surface area contributed by atoms with Gasteiger partial charge in [0.15, 0.2) is 5.78 Å². The van der Waals surface area contributed by atoms with Crippen LogP contribution in [0.1, 0.15) is 24.2 Å². The van der Waals surface area contributed by atoms with E-state index in [2.05, 4.69) is 0 Å². The van der Waals surface area contributed by atoms with E-state index in [0.29, 0.717) is 22.9 Å². The number of aliphatic hydroxyl groups is 1. The minimum Gasteiger partial charge on any atom is -0.492 e. The van der Waals surface area contributed by atoms with Crippen LogP contribution in [0.25, 0.3) is 0 Å². The lowest BCUT2D eigenvalue weighted by molar-refractivity contribution is 0.101. The van der Waals surface area contributed by atoms with E-state index in [0.717, 1.165) is 0 Å². The van der Waals surface area contributed by atoms with E-state index in [9.17, 15) is 4.79 Å². The van der Waals surface area contributed by atoms with E-state index in [1.54, 1.807) is 18.2 Å². The number of carbonyl (C=O) groups excluding carboxylic acids is 1. The van der Waals surface area contributed by atoms with Crippen molar-refractivity contribution in [2.75, 3.05) is 13.2 Å². The molecule has 0 radical (unpaired) electrons. The molecule has 4 heteroatoms. The first-order valence-corrected chi connectivity index (χ1v) is 5.46. The Morgan fingerprint density at radius 2 is 2.25 bits per heavy atom. The van der Waals surface area contributed by atoms with Crippen molar-refractivity contribution in [2.24, 2.45) is 5.92 Å².